The highest BCUT2D eigenvalue weighted by molar-refractivity contribution is 5.95. The maximum Gasteiger partial charge on any atom is 0.269 e. The standard InChI is InChI=1S/C25H42N2O3/c1-2-3-4-5-6-7-8-9-10-11-12-13-14-15-16-17-24(29)26-27-25(30)22-18-20-23(28)21-19-22/h18-21,28H,2-17H2,1H3,(H,26,29)(H,27,30). The number of hydrogen-bond donors (Lipinski definition) is 3. The van der Waals surface area contributed by atoms with Gasteiger partial charge in [0.25, 0.3) is 5.91 Å². The van der Waals surface area contributed by atoms with E-state index >= 15 is 0 Å². The number of phenols is 1. The van der Waals surface area contributed by atoms with Gasteiger partial charge in [-0.05, 0) is 30.7 Å². The highest BCUT2D eigenvalue weighted by Gasteiger charge is 2.07. The molecular weight excluding hydrogens is 376 g/mol. The van der Waals surface area contributed by atoms with E-state index in [4.69, 9.17) is 0 Å². The SMILES string of the molecule is CCCCCCCCCCCCCCCCCC(=O)NNC(=O)c1ccc(O)cc1. The van der Waals surface area contributed by atoms with Crippen LogP contribution >= 0.6 is 0 Å². The summed E-state index contributed by atoms with van der Waals surface area (Å²) in [5.41, 5.74) is 5.23. The number of aromatic hydroxyl groups is 1. The molecule has 0 radical (unpaired) electrons. The average molecular weight is 419 g/mol. The zero-order valence-corrected chi connectivity index (χ0v) is 18.9. The molecule has 0 aliphatic heterocycles. The second-order valence-electron chi connectivity index (χ2n) is 8.25. The van der Waals surface area contributed by atoms with E-state index in [-0.39, 0.29) is 17.6 Å². The Balaban J connectivity index is 1.86. The van der Waals surface area contributed by atoms with Crippen LogP contribution < -0.4 is 10.9 Å². The molecule has 0 spiro atoms. The summed E-state index contributed by atoms with van der Waals surface area (Å²) >= 11 is 0. The van der Waals surface area contributed by atoms with Gasteiger partial charge in [0.15, 0.2) is 0 Å². The van der Waals surface area contributed by atoms with Crippen molar-refractivity contribution >= 4 is 11.8 Å². The van der Waals surface area contributed by atoms with Crippen LogP contribution in [0.1, 0.15) is 120 Å². The molecule has 0 aromatic heterocycles. The number of benzene rings is 1. The van der Waals surface area contributed by atoms with Crippen LogP contribution in [0.5, 0.6) is 5.75 Å². The summed E-state index contributed by atoms with van der Waals surface area (Å²) in [6.07, 6.45) is 19.9. The van der Waals surface area contributed by atoms with E-state index in [0.717, 1.165) is 12.8 Å². The molecule has 0 fully saturated rings. The lowest BCUT2D eigenvalue weighted by molar-refractivity contribution is -0.122. The molecule has 0 atom stereocenters. The van der Waals surface area contributed by atoms with E-state index in [2.05, 4.69) is 17.8 Å². The van der Waals surface area contributed by atoms with Crippen molar-refractivity contribution in [1.82, 2.24) is 10.9 Å². The third kappa shape index (κ3) is 14.0. The summed E-state index contributed by atoms with van der Waals surface area (Å²) in [7, 11) is 0. The number of carbonyl (C=O) groups excluding carboxylic acids is 2. The maximum atomic E-state index is 11.9. The highest BCUT2D eigenvalue weighted by atomic mass is 16.3. The fourth-order valence-electron chi connectivity index (χ4n) is 3.53. The molecule has 1 aromatic rings. The van der Waals surface area contributed by atoms with E-state index in [1.165, 1.54) is 108 Å². The Bertz CT molecular complexity index is 572. The molecule has 3 N–H and O–H groups in total. The Labute approximate surface area is 183 Å². The fourth-order valence-corrected chi connectivity index (χ4v) is 3.53. The van der Waals surface area contributed by atoms with E-state index in [1.807, 2.05) is 0 Å². The summed E-state index contributed by atoms with van der Waals surface area (Å²) in [6.45, 7) is 2.26. The lowest BCUT2D eigenvalue weighted by Gasteiger charge is -2.07. The van der Waals surface area contributed by atoms with Crippen LogP contribution in [0.2, 0.25) is 0 Å². The van der Waals surface area contributed by atoms with Crippen molar-refractivity contribution in [2.75, 3.05) is 0 Å². The van der Waals surface area contributed by atoms with Crippen molar-refractivity contribution in [3.63, 3.8) is 0 Å². The van der Waals surface area contributed by atoms with Crippen LogP contribution in [-0.4, -0.2) is 16.9 Å². The van der Waals surface area contributed by atoms with Gasteiger partial charge in [-0.1, -0.05) is 96.8 Å². The number of phenolic OH excluding ortho intramolecular Hbond substituents is 1. The minimum absolute atomic E-state index is 0.101. The van der Waals surface area contributed by atoms with Gasteiger partial charge >= 0.3 is 0 Å². The average Bonchev–Trinajstić information content (AvgIpc) is 2.75. The van der Waals surface area contributed by atoms with E-state index in [0.29, 0.717) is 12.0 Å². The molecule has 0 saturated heterocycles. The zero-order valence-electron chi connectivity index (χ0n) is 18.9. The summed E-state index contributed by atoms with van der Waals surface area (Å²) in [6, 6.07) is 5.88. The van der Waals surface area contributed by atoms with Crippen LogP contribution in [-0.2, 0) is 4.79 Å². The van der Waals surface area contributed by atoms with Crippen LogP contribution in [0.3, 0.4) is 0 Å². The number of hydrazine groups is 1. The minimum Gasteiger partial charge on any atom is -0.508 e. The Morgan fingerprint density at radius 1 is 0.667 bits per heavy atom. The van der Waals surface area contributed by atoms with Gasteiger partial charge in [0.1, 0.15) is 5.75 Å². The van der Waals surface area contributed by atoms with Crippen LogP contribution in [0.25, 0.3) is 0 Å². The Morgan fingerprint density at radius 2 is 1.10 bits per heavy atom. The van der Waals surface area contributed by atoms with Crippen molar-refractivity contribution in [2.24, 2.45) is 0 Å². The highest BCUT2D eigenvalue weighted by Crippen LogP contribution is 2.13. The number of rotatable bonds is 17. The number of unbranched alkanes of at least 4 members (excludes halogenated alkanes) is 14. The number of hydrogen-bond acceptors (Lipinski definition) is 3. The third-order valence-electron chi connectivity index (χ3n) is 5.45. The van der Waals surface area contributed by atoms with Crippen molar-refractivity contribution in [3.05, 3.63) is 29.8 Å². The normalized spacial score (nSPS) is 10.7. The summed E-state index contributed by atoms with van der Waals surface area (Å²) < 4.78 is 0. The second-order valence-corrected chi connectivity index (χ2v) is 8.25. The lowest BCUT2D eigenvalue weighted by atomic mass is 10.0. The number of amides is 2. The molecule has 2 amide bonds. The fraction of sp³-hybridized carbons (Fsp3) is 0.680. The Morgan fingerprint density at radius 3 is 1.57 bits per heavy atom. The quantitative estimate of drug-likeness (QED) is 0.202. The van der Waals surface area contributed by atoms with Gasteiger partial charge in [-0.15, -0.1) is 0 Å². The molecule has 0 aliphatic rings. The van der Waals surface area contributed by atoms with Crippen molar-refractivity contribution in [2.45, 2.75) is 110 Å². The van der Waals surface area contributed by atoms with Crippen LogP contribution in [0.15, 0.2) is 24.3 Å². The monoisotopic (exact) mass is 418 g/mol. The Kier molecular flexibility index (Phi) is 15.4. The molecule has 5 nitrogen and oxygen atoms in total. The van der Waals surface area contributed by atoms with Gasteiger partial charge < -0.3 is 5.11 Å². The minimum atomic E-state index is -0.389. The van der Waals surface area contributed by atoms with Gasteiger partial charge in [-0.3, -0.25) is 20.4 Å². The molecular formula is C25H42N2O3. The summed E-state index contributed by atoms with van der Waals surface area (Å²) in [5, 5.41) is 9.22. The number of carbonyl (C=O) groups is 2. The second kappa shape index (κ2) is 17.8. The van der Waals surface area contributed by atoms with Gasteiger partial charge in [-0.2, -0.15) is 0 Å². The van der Waals surface area contributed by atoms with Gasteiger partial charge in [0.05, 0.1) is 0 Å². The van der Waals surface area contributed by atoms with Crippen molar-refractivity contribution < 1.29 is 14.7 Å². The first-order valence-corrected chi connectivity index (χ1v) is 12.0. The van der Waals surface area contributed by atoms with Crippen LogP contribution in [0, 0.1) is 0 Å². The smallest absolute Gasteiger partial charge is 0.269 e. The predicted molar refractivity (Wildman–Crippen MR) is 123 cm³/mol. The molecule has 0 unspecified atom stereocenters. The third-order valence-corrected chi connectivity index (χ3v) is 5.45. The first-order valence-electron chi connectivity index (χ1n) is 12.0. The summed E-state index contributed by atoms with van der Waals surface area (Å²) in [4.78, 5) is 23.7. The molecule has 0 aliphatic carbocycles. The molecule has 1 aromatic carbocycles. The Hall–Kier alpha value is -2.04. The molecule has 1 rings (SSSR count). The predicted octanol–water partition coefficient (Wildman–Crippen LogP) is 6.41. The zero-order chi connectivity index (χ0) is 21.9. The van der Waals surface area contributed by atoms with Crippen LogP contribution in [0.4, 0.5) is 0 Å². The topological polar surface area (TPSA) is 78.4 Å². The first kappa shape index (κ1) is 26.0. The van der Waals surface area contributed by atoms with Gasteiger partial charge in [0, 0.05) is 12.0 Å². The van der Waals surface area contributed by atoms with E-state index < -0.39 is 0 Å². The largest absolute Gasteiger partial charge is 0.508 e. The molecule has 30 heavy (non-hydrogen) atoms. The molecule has 5 heteroatoms. The lowest BCUT2D eigenvalue weighted by Crippen LogP contribution is -2.41. The van der Waals surface area contributed by atoms with E-state index in [9.17, 15) is 14.7 Å². The van der Waals surface area contributed by atoms with Crippen molar-refractivity contribution in [1.29, 1.82) is 0 Å². The summed E-state index contributed by atoms with van der Waals surface area (Å²) in [5.74, 6) is -0.458. The van der Waals surface area contributed by atoms with E-state index in [1.54, 1.807) is 0 Å². The maximum absolute atomic E-state index is 11.9. The molecule has 0 bridgehead atoms. The molecule has 0 heterocycles. The van der Waals surface area contributed by atoms with Gasteiger partial charge in [-0.25, -0.2) is 0 Å². The van der Waals surface area contributed by atoms with Crippen molar-refractivity contribution in [3.8, 4) is 5.75 Å². The van der Waals surface area contributed by atoms with Gasteiger partial charge in [0.2, 0.25) is 5.91 Å². The molecule has 170 valence electrons. The molecule has 0 saturated carbocycles. The number of nitrogens with one attached hydrogen (secondary N) is 2. The first-order chi connectivity index (χ1) is 14.6.